The van der Waals surface area contributed by atoms with Gasteiger partial charge in [0.25, 0.3) is 0 Å². The van der Waals surface area contributed by atoms with E-state index in [1.54, 1.807) is 0 Å². The van der Waals surface area contributed by atoms with Gasteiger partial charge in [-0.05, 0) is 42.7 Å². The molecule has 0 aliphatic carbocycles. The van der Waals surface area contributed by atoms with E-state index in [0.717, 1.165) is 22.6 Å². The Labute approximate surface area is 182 Å². The van der Waals surface area contributed by atoms with Crippen LogP contribution in [0.15, 0.2) is 72.8 Å². The van der Waals surface area contributed by atoms with E-state index in [1.807, 2.05) is 36.4 Å². The Bertz CT molecular complexity index is 1150. The summed E-state index contributed by atoms with van der Waals surface area (Å²) < 4.78 is 0. The molecule has 1 heterocycles. The first-order chi connectivity index (χ1) is 15.1. The molecule has 0 spiro atoms. The van der Waals surface area contributed by atoms with Crippen molar-refractivity contribution in [3.8, 4) is 0 Å². The smallest absolute Gasteiger partial charge is 0.230 e. The lowest BCUT2D eigenvalue weighted by molar-refractivity contribution is 0.282. The highest BCUT2D eigenvalue weighted by Crippen LogP contribution is 2.17. The van der Waals surface area contributed by atoms with Crippen molar-refractivity contribution in [2.45, 2.75) is 33.3 Å². The number of aliphatic hydroxyl groups excluding tert-OH is 1. The summed E-state index contributed by atoms with van der Waals surface area (Å²) in [4.78, 5) is 14.1. The molecule has 1 aromatic heterocycles. The predicted molar refractivity (Wildman–Crippen MR) is 123 cm³/mol. The van der Waals surface area contributed by atoms with E-state index in [2.05, 4.69) is 65.5 Å². The summed E-state index contributed by atoms with van der Waals surface area (Å²) in [6.07, 6.45) is 1.24. The Morgan fingerprint density at radius 1 is 0.677 bits per heavy atom. The number of hydrogen-bond donors (Lipinski definition) is 2. The third-order valence-corrected chi connectivity index (χ3v) is 5.05. The predicted octanol–water partition coefficient (Wildman–Crippen LogP) is 4.91. The number of nitrogens with one attached hydrogen (secondary N) is 1. The molecule has 4 aromatic rings. The lowest BCUT2D eigenvalue weighted by Crippen LogP contribution is -2.09. The van der Waals surface area contributed by atoms with Gasteiger partial charge in [-0.3, -0.25) is 0 Å². The van der Waals surface area contributed by atoms with Crippen molar-refractivity contribution in [3.63, 3.8) is 0 Å². The van der Waals surface area contributed by atoms with E-state index in [1.165, 1.54) is 16.7 Å². The van der Waals surface area contributed by atoms with Crippen LogP contribution in [0.2, 0.25) is 0 Å². The molecule has 3 aromatic carbocycles. The number of aliphatic hydroxyl groups is 1. The standard InChI is InChI=1S/C26H26N4O/c1-18-6-12-23(13-7-18)27-26-29-24(15-20-8-10-21(17-31)11-9-20)28-25(30-26)16-22-5-3-4-19(2)14-22/h3-14,31H,15-17H2,1-2H3,(H,27,28,29,30). The number of hydrogen-bond acceptors (Lipinski definition) is 5. The zero-order valence-corrected chi connectivity index (χ0v) is 17.8. The molecule has 5 nitrogen and oxygen atoms in total. The molecule has 0 saturated carbocycles. The van der Waals surface area contributed by atoms with Crippen LogP contribution in [-0.2, 0) is 19.4 Å². The summed E-state index contributed by atoms with van der Waals surface area (Å²) in [7, 11) is 0. The molecular weight excluding hydrogens is 384 g/mol. The summed E-state index contributed by atoms with van der Waals surface area (Å²) in [5.74, 6) is 1.99. The van der Waals surface area contributed by atoms with Gasteiger partial charge in [-0.15, -0.1) is 0 Å². The molecule has 0 amide bonds. The van der Waals surface area contributed by atoms with Crippen LogP contribution in [0.25, 0.3) is 0 Å². The normalized spacial score (nSPS) is 10.8. The fraction of sp³-hybridized carbons (Fsp3) is 0.192. The van der Waals surface area contributed by atoms with E-state index >= 15 is 0 Å². The van der Waals surface area contributed by atoms with Gasteiger partial charge in [0.15, 0.2) is 0 Å². The van der Waals surface area contributed by atoms with Crippen LogP contribution >= 0.6 is 0 Å². The van der Waals surface area contributed by atoms with Crippen LogP contribution in [0.1, 0.15) is 39.5 Å². The quantitative estimate of drug-likeness (QED) is 0.453. The number of aromatic nitrogens is 3. The average molecular weight is 411 g/mol. The fourth-order valence-electron chi connectivity index (χ4n) is 3.40. The zero-order valence-electron chi connectivity index (χ0n) is 17.8. The molecule has 0 atom stereocenters. The first-order valence-corrected chi connectivity index (χ1v) is 10.4. The van der Waals surface area contributed by atoms with Crippen molar-refractivity contribution in [2.24, 2.45) is 0 Å². The summed E-state index contributed by atoms with van der Waals surface area (Å²) in [5.41, 5.74) is 6.51. The maximum absolute atomic E-state index is 9.27. The van der Waals surface area contributed by atoms with Crippen molar-refractivity contribution in [3.05, 3.63) is 112 Å². The topological polar surface area (TPSA) is 70.9 Å². The minimum absolute atomic E-state index is 0.0390. The Balaban J connectivity index is 1.63. The molecule has 156 valence electrons. The first-order valence-electron chi connectivity index (χ1n) is 10.4. The van der Waals surface area contributed by atoms with E-state index < -0.39 is 0 Å². The molecule has 0 bridgehead atoms. The molecular formula is C26H26N4O. The van der Waals surface area contributed by atoms with Crippen LogP contribution < -0.4 is 5.32 Å². The number of benzene rings is 3. The Morgan fingerprint density at radius 2 is 1.32 bits per heavy atom. The number of anilines is 2. The second-order valence-electron chi connectivity index (χ2n) is 7.80. The van der Waals surface area contributed by atoms with Gasteiger partial charge < -0.3 is 10.4 Å². The van der Waals surface area contributed by atoms with Crippen molar-refractivity contribution in [1.29, 1.82) is 0 Å². The van der Waals surface area contributed by atoms with Crippen molar-refractivity contribution in [2.75, 3.05) is 5.32 Å². The van der Waals surface area contributed by atoms with Gasteiger partial charge in [0.1, 0.15) is 11.6 Å². The van der Waals surface area contributed by atoms with Crippen LogP contribution in [0.3, 0.4) is 0 Å². The second kappa shape index (κ2) is 9.49. The molecule has 0 aliphatic heterocycles. The number of aryl methyl sites for hydroxylation is 2. The number of rotatable bonds is 7. The lowest BCUT2D eigenvalue weighted by Gasteiger charge is -2.10. The number of nitrogens with zero attached hydrogens (tertiary/aromatic N) is 3. The molecule has 2 N–H and O–H groups in total. The minimum Gasteiger partial charge on any atom is -0.392 e. The van der Waals surface area contributed by atoms with E-state index in [0.29, 0.717) is 24.6 Å². The Morgan fingerprint density at radius 3 is 1.97 bits per heavy atom. The molecule has 0 unspecified atom stereocenters. The van der Waals surface area contributed by atoms with Crippen LogP contribution in [0.4, 0.5) is 11.6 Å². The van der Waals surface area contributed by atoms with Crippen LogP contribution in [-0.4, -0.2) is 20.1 Å². The monoisotopic (exact) mass is 410 g/mol. The third-order valence-electron chi connectivity index (χ3n) is 5.05. The van der Waals surface area contributed by atoms with Crippen molar-refractivity contribution < 1.29 is 5.11 Å². The van der Waals surface area contributed by atoms with E-state index in [-0.39, 0.29) is 6.61 Å². The Hall–Kier alpha value is -3.57. The maximum atomic E-state index is 9.27. The van der Waals surface area contributed by atoms with Gasteiger partial charge in [0, 0.05) is 18.5 Å². The van der Waals surface area contributed by atoms with Crippen LogP contribution in [0.5, 0.6) is 0 Å². The molecule has 0 radical (unpaired) electrons. The van der Waals surface area contributed by atoms with Gasteiger partial charge in [-0.2, -0.15) is 9.97 Å². The molecule has 31 heavy (non-hydrogen) atoms. The summed E-state index contributed by atoms with van der Waals surface area (Å²) in [6.45, 7) is 4.19. The highest BCUT2D eigenvalue weighted by molar-refractivity contribution is 5.53. The molecule has 4 rings (SSSR count). The van der Waals surface area contributed by atoms with Gasteiger partial charge in [-0.25, -0.2) is 4.98 Å². The maximum Gasteiger partial charge on any atom is 0.230 e. The van der Waals surface area contributed by atoms with Crippen molar-refractivity contribution in [1.82, 2.24) is 15.0 Å². The van der Waals surface area contributed by atoms with Gasteiger partial charge >= 0.3 is 0 Å². The van der Waals surface area contributed by atoms with Gasteiger partial charge in [-0.1, -0.05) is 71.8 Å². The lowest BCUT2D eigenvalue weighted by atomic mass is 10.1. The average Bonchev–Trinajstić information content (AvgIpc) is 2.76. The van der Waals surface area contributed by atoms with Gasteiger partial charge in [0.05, 0.1) is 6.61 Å². The highest BCUT2D eigenvalue weighted by Gasteiger charge is 2.10. The zero-order chi connectivity index (χ0) is 21.6. The third kappa shape index (κ3) is 5.74. The SMILES string of the molecule is Cc1ccc(Nc2nc(Cc3ccc(CO)cc3)nc(Cc3cccc(C)c3)n2)cc1. The van der Waals surface area contributed by atoms with Gasteiger partial charge in [0.2, 0.25) is 5.95 Å². The molecule has 0 aliphatic rings. The molecule has 0 saturated heterocycles. The van der Waals surface area contributed by atoms with E-state index in [4.69, 9.17) is 4.98 Å². The largest absolute Gasteiger partial charge is 0.392 e. The fourth-order valence-corrected chi connectivity index (χ4v) is 3.40. The Kier molecular flexibility index (Phi) is 6.34. The molecule has 5 heteroatoms. The second-order valence-corrected chi connectivity index (χ2v) is 7.80. The summed E-state index contributed by atoms with van der Waals surface area (Å²) in [6, 6.07) is 24.4. The first kappa shape index (κ1) is 20.7. The minimum atomic E-state index is 0.0390. The van der Waals surface area contributed by atoms with E-state index in [9.17, 15) is 5.11 Å². The van der Waals surface area contributed by atoms with Crippen LogP contribution in [0, 0.1) is 13.8 Å². The summed E-state index contributed by atoms with van der Waals surface area (Å²) >= 11 is 0. The molecule has 0 fully saturated rings. The van der Waals surface area contributed by atoms with Crippen molar-refractivity contribution >= 4 is 11.6 Å². The summed E-state index contributed by atoms with van der Waals surface area (Å²) in [5, 5.41) is 12.6. The highest BCUT2D eigenvalue weighted by atomic mass is 16.3.